The number of anilines is 1. The smallest absolute Gasteiger partial charge is 0.368 e. The maximum Gasteiger partial charge on any atom is 0.416 e. The SMILES string of the molecule is CNC(=O)c1ccc(NCC2(c3cc(F)cc(C(F)(F)F)c3)CC2)nn1. The Balaban J connectivity index is 1.74. The molecule has 3 rings (SSSR count). The molecule has 9 heteroatoms. The molecule has 1 fully saturated rings. The third-order valence-electron chi connectivity index (χ3n) is 4.42. The fraction of sp³-hybridized carbons (Fsp3) is 0.353. The van der Waals surface area contributed by atoms with Gasteiger partial charge in [0.25, 0.3) is 5.91 Å². The number of nitrogens with one attached hydrogen (secondary N) is 2. The van der Waals surface area contributed by atoms with Crippen LogP contribution in [0.5, 0.6) is 0 Å². The van der Waals surface area contributed by atoms with E-state index in [2.05, 4.69) is 20.8 Å². The van der Waals surface area contributed by atoms with Gasteiger partial charge in [0.1, 0.15) is 11.6 Å². The third kappa shape index (κ3) is 3.76. The van der Waals surface area contributed by atoms with Gasteiger partial charge in [0.2, 0.25) is 0 Å². The summed E-state index contributed by atoms with van der Waals surface area (Å²) in [7, 11) is 1.47. The van der Waals surface area contributed by atoms with Crippen LogP contribution in [0.2, 0.25) is 0 Å². The molecule has 0 aliphatic heterocycles. The molecule has 138 valence electrons. The number of alkyl halides is 3. The van der Waals surface area contributed by atoms with Crippen molar-refractivity contribution in [2.45, 2.75) is 24.4 Å². The molecule has 0 bridgehead atoms. The minimum absolute atomic E-state index is 0.152. The summed E-state index contributed by atoms with van der Waals surface area (Å²) >= 11 is 0. The Hall–Kier alpha value is -2.71. The van der Waals surface area contributed by atoms with Gasteiger partial charge in [-0.15, -0.1) is 10.2 Å². The first kappa shape index (κ1) is 18.1. The first-order chi connectivity index (χ1) is 12.2. The van der Waals surface area contributed by atoms with Crippen molar-refractivity contribution in [2.75, 3.05) is 18.9 Å². The molecule has 1 amide bonds. The second-order valence-electron chi connectivity index (χ2n) is 6.24. The van der Waals surface area contributed by atoms with E-state index in [1.54, 1.807) is 6.07 Å². The number of rotatable bonds is 5. The first-order valence-electron chi connectivity index (χ1n) is 7.91. The van der Waals surface area contributed by atoms with E-state index >= 15 is 0 Å². The van der Waals surface area contributed by atoms with Crippen molar-refractivity contribution in [1.82, 2.24) is 15.5 Å². The van der Waals surface area contributed by atoms with Gasteiger partial charge in [-0.3, -0.25) is 4.79 Å². The van der Waals surface area contributed by atoms with E-state index < -0.39 is 23.0 Å². The highest BCUT2D eigenvalue weighted by atomic mass is 19.4. The summed E-state index contributed by atoms with van der Waals surface area (Å²) in [6, 6.07) is 5.68. The molecule has 1 aromatic carbocycles. The van der Waals surface area contributed by atoms with E-state index in [1.807, 2.05) is 0 Å². The largest absolute Gasteiger partial charge is 0.416 e. The van der Waals surface area contributed by atoms with Crippen molar-refractivity contribution < 1.29 is 22.4 Å². The topological polar surface area (TPSA) is 66.9 Å². The van der Waals surface area contributed by atoms with E-state index in [0.29, 0.717) is 36.8 Å². The first-order valence-corrected chi connectivity index (χ1v) is 7.91. The maximum absolute atomic E-state index is 13.7. The van der Waals surface area contributed by atoms with Crippen LogP contribution in [0.15, 0.2) is 30.3 Å². The number of carbonyl (C=O) groups excluding carboxylic acids is 1. The van der Waals surface area contributed by atoms with Gasteiger partial charge in [-0.25, -0.2) is 4.39 Å². The number of hydrogen-bond donors (Lipinski definition) is 2. The van der Waals surface area contributed by atoms with Gasteiger partial charge in [-0.2, -0.15) is 13.2 Å². The molecule has 5 nitrogen and oxygen atoms in total. The van der Waals surface area contributed by atoms with Crippen LogP contribution in [-0.2, 0) is 11.6 Å². The Morgan fingerprint density at radius 2 is 1.92 bits per heavy atom. The lowest BCUT2D eigenvalue weighted by Crippen LogP contribution is -2.22. The van der Waals surface area contributed by atoms with Gasteiger partial charge in [-0.05, 0) is 48.7 Å². The van der Waals surface area contributed by atoms with E-state index in [1.165, 1.54) is 13.1 Å². The number of amides is 1. The van der Waals surface area contributed by atoms with Crippen LogP contribution in [0.1, 0.15) is 34.5 Å². The van der Waals surface area contributed by atoms with E-state index in [9.17, 15) is 22.4 Å². The van der Waals surface area contributed by atoms with E-state index in [4.69, 9.17) is 0 Å². The predicted molar refractivity (Wildman–Crippen MR) is 86.2 cm³/mol. The normalized spacial score (nSPS) is 15.4. The molecule has 0 spiro atoms. The molecule has 1 heterocycles. The second kappa shape index (κ2) is 6.54. The molecule has 1 aromatic heterocycles. The second-order valence-corrected chi connectivity index (χ2v) is 6.24. The summed E-state index contributed by atoms with van der Waals surface area (Å²) in [4.78, 5) is 11.4. The number of benzene rings is 1. The van der Waals surface area contributed by atoms with Gasteiger partial charge < -0.3 is 10.6 Å². The Bertz CT molecular complexity index is 817. The molecule has 26 heavy (non-hydrogen) atoms. The number of hydrogen-bond acceptors (Lipinski definition) is 4. The highest BCUT2D eigenvalue weighted by Crippen LogP contribution is 2.49. The summed E-state index contributed by atoms with van der Waals surface area (Å²) in [5.74, 6) is -0.894. The predicted octanol–water partition coefficient (Wildman–Crippen LogP) is 3.14. The van der Waals surface area contributed by atoms with Crippen LogP contribution in [0.25, 0.3) is 0 Å². The zero-order valence-corrected chi connectivity index (χ0v) is 13.8. The zero-order chi connectivity index (χ0) is 18.9. The van der Waals surface area contributed by atoms with Crippen molar-refractivity contribution in [3.8, 4) is 0 Å². The highest BCUT2D eigenvalue weighted by Gasteiger charge is 2.45. The standard InChI is InChI=1S/C17H16F4N4O/c1-22-15(26)13-2-3-14(25-24-13)23-9-16(4-5-16)10-6-11(17(19,20)21)8-12(18)7-10/h2-3,6-8H,4-5,9H2,1H3,(H,22,26)(H,23,25). The molecule has 1 aliphatic rings. The molecule has 1 saturated carbocycles. The van der Waals surface area contributed by atoms with Crippen molar-refractivity contribution >= 4 is 11.7 Å². The molecule has 2 N–H and O–H groups in total. The molecular formula is C17H16F4N4O. The minimum atomic E-state index is -4.60. The van der Waals surface area contributed by atoms with Crippen LogP contribution in [0.3, 0.4) is 0 Å². The maximum atomic E-state index is 13.7. The van der Waals surface area contributed by atoms with Gasteiger partial charge in [-0.1, -0.05) is 0 Å². The Kier molecular flexibility index (Phi) is 4.55. The average Bonchev–Trinajstić information content (AvgIpc) is 3.40. The summed E-state index contributed by atoms with van der Waals surface area (Å²) < 4.78 is 52.4. The van der Waals surface area contributed by atoms with E-state index in [0.717, 1.165) is 12.1 Å². The quantitative estimate of drug-likeness (QED) is 0.796. The van der Waals surface area contributed by atoms with Gasteiger partial charge in [0.15, 0.2) is 5.69 Å². The molecule has 0 radical (unpaired) electrons. The van der Waals surface area contributed by atoms with Gasteiger partial charge in [0.05, 0.1) is 5.56 Å². The lowest BCUT2D eigenvalue weighted by atomic mass is 9.94. The van der Waals surface area contributed by atoms with Gasteiger partial charge >= 0.3 is 6.18 Å². The summed E-state index contributed by atoms with van der Waals surface area (Å²) in [6.07, 6.45) is -3.31. The molecule has 0 saturated heterocycles. The highest BCUT2D eigenvalue weighted by molar-refractivity contribution is 5.91. The van der Waals surface area contributed by atoms with E-state index in [-0.39, 0.29) is 11.6 Å². The number of nitrogens with zero attached hydrogens (tertiary/aromatic N) is 2. The van der Waals surface area contributed by atoms with Crippen molar-refractivity contribution in [1.29, 1.82) is 0 Å². The fourth-order valence-corrected chi connectivity index (χ4v) is 2.71. The summed E-state index contributed by atoms with van der Waals surface area (Å²) in [6.45, 7) is 0.293. The molecule has 1 aliphatic carbocycles. The van der Waals surface area contributed by atoms with Crippen LogP contribution in [-0.4, -0.2) is 29.7 Å². The minimum Gasteiger partial charge on any atom is -0.368 e. The zero-order valence-electron chi connectivity index (χ0n) is 13.8. The van der Waals surface area contributed by atoms with Crippen LogP contribution < -0.4 is 10.6 Å². The molecule has 2 aromatic rings. The van der Waals surface area contributed by atoms with Crippen LogP contribution >= 0.6 is 0 Å². The number of halogens is 4. The lowest BCUT2D eigenvalue weighted by Gasteiger charge is -2.19. The fourth-order valence-electron chi connectivity index (χ4n) is 2.71. The van der Waals surface area contributed by atoms with Crippen LogP contribution in [0, 0.1) is 5.82 Å². The Labute approximate surface area is 146 Å². The Morgan fingerprint density at radius 1 is 1.19 bits per heavy atom. The third-order valence-corrected chi connectivity index (χ3v) is 4.42. The Morgan fingerprint density at radius 3 is 2.46 bits per heavy atom. The monoisotopic (exact) mass is 368 g/mol. The van der Waals surface area contributed by atoms with Gasteiger partial charge in [0, 0.05) is 19.0 Å². The molecular weight excluding hydrogens is 352 g/mol. The summed E-state index contributed by atoms with van der Waals surface area (Å²) in [5, 5.41) is 13.1. The summed E-state index contributed by atoms with van der Waals surface area (Å²) in [5.41, 5.74) is -1.09. The number of carbonyl (C=O) groups is 1. The van der Waals surface area contributed by atoms with Crippen LogP contribution in [0.4, 0.5) is 23.4 Å². The van der Waals surface area contributed by atoms with Crippen molar-refractivity contribution in [2.24, 2.45) is 0 Å². The number of aromatic nitrogens is 2. The van der Waals surface area contributed by atoms with Crippen molar-refractivity contribution in [3.63, 3.8) is 0 Å². The lowest BCUT2D eigenvalue weighted by molar-refractivity contribution is -0.137. The average molecular weight is 368 g/mol. The molecule has 0 unspecified atom stereocenters. The van der Waals surface area contributed by atoms with Crippen molar-refractivity contribution in [3.05, 3.63) is 53.0 Å². The molecule has 0 atom stereocenters.